The molecule has 0 unspecified atom stereocenters. The van der Waals surface area contributed by atoms with Gasteiger partial charge in [0.15, 0.2) is 0 Å². The van der Waals surface area contributed by atoms with Gasteiger partial charge in [-0.05, 0) is 18.2 Å². The Hall–Kier alpha value is -0.870. The summed E-state index contributed by atoms with van der Waals surface area (Å²) in [7, 11) is 0. The highest BCUT2D eigenvalue weighted by molar-refractivity contribution is 7.10. The highest BCUT2D eigenvalue weighted by atomic mass is 35.5. The van der Waals surface area contributed by atoms with E-state index >= 15 is 0 Å². The molecule has 1 aromatic heterocycles. The van der Waals surface area contributed by atoms with Crippen molar-refractivity contribution >= 4 is 40.6 Å². The topological polar surface area (TPSA) is 38.9 Å². The van der Waals surface area contributed by atoms with E-state index in [-0.39, 0.29) is 0 Å². The average molecular weight is 285 g/mol. The van der Waals surface area contributed by atoms with E-state index in [1.165, 1.54) is 0 Å². The quantitative estimate of drug-likeness (QED) is 0.922. The predicted octanol–water partition coefficient (Wildman–Crippen LogP) is 4.09. The van der Waals surface area contributed by atoms with Crippen LogP contribution in [-0.2, 0) is 0 Å². The molecule has 0 saturated carbocycles. The van der Waals surface area contributed by atoms with Gasteiger partial charge in [0.05, 0.1) is 15.7 Å². The number of rotatable bonds is 3. The number of nitrogens with two attached hydrogens (primary N) is 1. The third-order valence-corrected chi connectivity index (χ3v) is 3.68. The molecular weight excluding hydrogens is 275 g/mol. The van der Waals surface area contributed by atoms with E-state index in [1.54, 1.807) is 17.4 Å². The second kappa shape index (κ2) is 5.65. The first-order chi connectivity index (χ1) is 8.20. The Bertz CT molecular complexity index is 549. The molecule has 1 aromatic carbocycles. The molecule has 2 rings (SSSR count). The zero-order valence-corrected chi connectivity index (χ0v) is 11.2. The lowest BCUT2D eigenvalue weighted by Crippen LogP contribution is -1.91. The summed E-state index contributed by atoms with van der Waals surface area (Å²) in [4.78, 5) is 4.46. The van der Waals surface area contributed by atoms with Gasteiger partial charge < -0.3 is 5.73 Å². The van der Waals surface area contributed by atoms with Crippen LogP contribution in [0.25, 0.3) is 17.3 Å². The molecule has 0 fully saturated rings. The zero-order valence-electron chi connectivity index (χ0n) is 8.86. The van der Waals surface area contributed by atoms with Crippen molar-refractivity contribution in [3.63, 3.8) is 0 Å². The minimum Gasteiger partial charge on any atom is -0.327 e. The smallest absolute Gasteiger partial charge is 0.116 e. The molecule has 2 N–H and O–H groups in total. The standard InChI is InChI=1S/C12H10Cl2N2S/c13-9-4-3-8(6-10(9)14)11-7-17-12(16-11)2-1-5-15/h1-4,6-7H,5,15H2. The maximum atomic E-state index is 5.97. The Morgan fingerprint density at radius 3 is 2.82 bits per heavy atom. The largest absolute Gasteiger partial charge is 0.327 e. The SMILES string of the molecule is NCC=Cc1nc(-c2ccc(Cl)c(Cl)c2)cs1. The van der Waals surface area contributed by atoms with Crippen molar-refractivity contribution in [1.82, 2.24) is 4.98 Å². The van der Waals surface area contributed by atoms with E-state index in [2.05, 4.69) is 4.98 Å². The fourth-order valence-corrected chi connectivity index (χ4v) is 2.37. The molecule has 0 aliphatic carbocycles. The van der Waals surface area contributed by atoms with Crippen LogP contribution < -0.4 is 5.73 Å². The van der Waals surface area contributed by atoms with Crippen LogP contribution in [0.3, 0.4) is 0 Å². The van der Waals surface area contributed by atoms with Crippen molar-refractivity contribution < 1.29 is 0 Å². The van der Waals surface area contributed by atoms with Gasteiger partial charge in [0.25, 0.3) is 0 Å². The van der Waals surface area contributed by atoms with Crippen LogP contribution in [0.5, 0.6) is 0 Å². The van der Waals surface area contributed by atoms with Crippen molar-refractivity contribution in [3.8, 4) is 11.3 Å². The van der Waals surface area contributed by atoms with E-state index in [9.17, 15) is 0 Å². The van der Waals surface area contributed by atoms with Crippen molar-refractivity contribution in [2.45, 2.75) is 0 Å². The van der Waals surface area contributed by atoms with Crippen LogP contribution in [0.1, 0.15) is 5.01 Å². The van der Waals surface area contributed by atoms with Crippen LogP contribution in [0.4, 0.5) is 0 Å². The Labute approximate surface area is 114 Å². The summed E-state index contributed by atoms with van der Waals surface area (Å²) in [6, 6.07) is 5.49. The first-order valence-electron chi connectivity index (χ1n) is 4.98. The third-order valence-electron chi connectivity index (χ3n) is 2.13. The number of aromatic nitrogens is 1. The van der Waals surface area contributed by atoms with Crippen molar-refractivity contribution in [3.05, 3.63) is 44.7 Å². The van der Waals surface area contributed by atoms with Gasteiger partial charge in [-0.2, -0.15) is 0 Å². The normalized spacial score (nSPS) is 11.2. The van der Waals surface area contributed by atoms with Gasteiger partial charge in [-0.3, -0.25) is 0 Å². The van der Waals surface area contributed by atoms with E-state index in [0.29, 0.717) is 16.6 Å². The molecule has 88 valence electrons. The van der Waals surface area contributed by atoms with Gasteiger partial charge >= 0.3 is 0 Å². The lowest BCUT2D eigenvalue weighted by Gasteiger charge is -1.99. The fourth-order valence-electron chi connectivity index (χ4n) is 1.32. The molecule has 0 spiro atoms. The van der Waals surface area contributed by atoms with Crippen LogP contribution in [-0.4, -0.2) is 11.5 Å². The maximum absolute atomic E-state index is 5.97. The Kier molecular flexibility index (Phi) is 4.18. The third kappa shape index (κ3) is 3.07. The molecule has 0 atom stereocenters. The Balaban J connectivity index is 2.30. The fraction of sp³-hybridized carbons (Fsp3) is 0.0833. The van der Waals surface area contributed by atoms with E-state index in [0.717, 1.165) is 16.3 Å². The number of halogens is 2. The lowest BCUT2D eigenvalue weighted by atomic mass is 10.2. The van der Waals surface area contributed by atoms with E-state index in [1.807, 2.05) is 29.7 Å². The molecule has 0 aliphatic rings. The number of thiazole rings is 1. The number of benzene rings is 1. The average Bonchev–Trinajstić information content (AvgIpc) is 2.79. The molecule has 0 saturated heterocycles. The number of nitrogens with zero attached hydrogens (tertiary/aromatic N) is 1. The Morgan fingerprint density at radius 1 is 1.29 bits per heavy atom. The summed E-state index contributed by atoms with van der Waals surface area (Å²) in [6.45, 7) is 0.516. The monoisotopic (exact) mass is 284 g/mol. The van der Waals surface area contributed by atoms with Crippen molar-refractivity contribution in [1.29, 1.82) is 0 Å². The Morgan fingerprint density at radius 2 is 2.12 bits per heavy atom. The molecule has 17 heavy (non-hydrogen) atoms. The first kappa shape index (κ1) is 12.6. The minimum absolute atomic E-state index is 0.516. The number of hydrogen-bond donors (Lipinski definition) is 1. The van der Waals surface area contributed by atoms with Crippen LogP contribution in [0.2, 0.25) is 10.0 Å². The van der Waals surface area contributed by atoms with E-state index < -0.39 is 0 Å². The predicted molar refractivity (Wildman–Crippen MR) is 75.7 cm³/mol. The molecule has 0 amide bonds. The molecule has 0 bridgehead atoms. The van der Waals surface area contributed by atoms with Crippen molar-refractivity contribution in [2.24, 2.45) is 5.73 Å². The van der Waals surface area contributed by atoms with Gasteiger partial charge in [-0.1, -0.05) is 35.3 Å². The minimum atomic E-state index is 0.516. The summed E-state index contributed by atoms with van der Waals surface area (Å²) in [6.07, 6.45) is 3.78. The highest BCUT2D eigenvalue weighted by Crippen LogP contribution is 2.29. The maximum Gasteiger partial charge on any atom is 0.116 e. The second-order valence-electron chi connectivity index (χ2n) is 3.34. The van der Waals surface area contributed by atoms with Gasteiger partial charge in [0, 0.05) is 17.5 Å². The molecule has 1 heterocycles. The van der Waals surface area contributed by atoms with Crippen LogP contribution in [0.15, 0.2) is 29.7 Å². The van der Waals surface area contributed by atoms with Gasteiger partial charge in [0.2, 0.25) is 0 Å². The first-order valence-corrected chi connectivity index (χ1v) is 6.62. The zero-order chi connectivity index (χ0) is 12.3. The molecule has 5 heteroatoms. The van der Waals surface area contributed by atoms with Crippen molar-refractivity contribution in [2.75, 3.05) is 6.54 Å². The molecular formula is C12H10Cl2N2S. The molecule has 0 radical (unpaired) electrons. The van der Waals surface area contributed by atoms with Crippen LogP contribution in [0, 0.1) is 0 Å². The molecule has 2 aromatic rings. The molecule has 0 aliphatic heterocycles. The highest BCUT2D eigenvalue weighted by Gasteiger charge is 2.05. The van der Waals surface area contributed by atoms with Gasteiger partial charge in [0.1, 0.15) is 5.01 Å². The van der Waals surface area contributed by atoms with Crippen LogP contribution >= 0.6 is 34.5 Å². The lowest BCUT2D eigenvalue weighted by molar-refractivity contribution is 1.26. The summed E-state index contributed by atoms with van der Waals surface area (Å²) in [5.74, 6) is 0. The van der Waals surface area contributed by atoms with Gasteiger partial charge in [-0.25, -0.2) is 4.98 Å². The summed E-state index contributed by atoms with van der Waals surface area (Å²) in [5, 5.41) is 4.00. The summed E-state index contributed by atoms with van der Waals surface area (Å²) >= 11 is 13.4. The van der Waals surface area contributed by atoms with E-state index in [4.69, 9.17) is 28.9 Å². The summed E-state index contributed by atoms with van der Waals surface area (Å²) in [5.41, 5.74) is 7.24. The summed E-state index contributed by atoms with van der Waals surface area (Å²) < 4.78 is 0. The number of hydrogen-bond acceptors (Lipinski definition) is 3. The molecule has 2 nitrogen and oxygen atoms in total. The second-order valence-corrected chi connectivity index (χ2v) is 5.04. The van der Waals surface area contributed by atoms with Gasteiger partial charge in [-0.15, -0.1) is 11.3 Å².